The molecule has 1 fully saturated rings. The Morgan fingerprint density at radius 1 is 0.921 bits per heavy atom. The molecule has 222 valence electrons. The number of ether oxygens (including phenoxy) is 1. The zero-order valence-corrected chi connectivity index (χ0v) is 20.6. The number of aliphatic hydroxyl groups excluding tert-OH is 3. The Bertz CT molecular complexity index is 1130. The molecule has 14 N–H and O–H groups in total. The summed E-state index contributed by atoms with van der Waals surface area (Å²) in [6.45, 7) is -0.917. The molecule has 3 rings (SSSR count). The molecule has 0 unspecified atom stereocenters. The first-order chi connectivity index (χ1) is 16.7. The van der Waals surface area contributed by atoms with E-state index in [9.17, 15) is 23.4 Å². The third kappa shape index (κ3) is 11.6. The fourth-order valence-corrected chi connectivity index (χ4v) is 2.62. The number of nitrogens with zero attached hydrogens (tertiary/aromatic N) is 4. The molecule has 0 saturated carbocycles. The quantitative estimate of drug-likeness (QED) is 0.141. The Labute approximate surface area is 207 Å². The first kappa shape index (κ1) is 36.3. The fraction of sp³-hybridized carbons (Fsp3) is 0.545. The van der Waals surface area contributed by atoms with E-state index < -0.39 is 60.3 Å². The molecular weight excluding hydrogens is 608 g/mol. The number of rotatable bonds is 2. The lowest BCUT2D eigenvalue weighted by Gasteiger charge is -2.35. The van der Waals surface area contributed by atoms with E-state index in [1.54, 1.807) is 0 Å². The first-order valence-electron chi connectivity index (χ1n) is 8.74. The molecule has 0 spiro atoms. The van der Waals surface area contributed by atoms with E-state index in [2.05, 4.69) is 15.0 Å². The van der Waals surface area contributed by atoms with E-state index in [0.717, 1.165) is 12.7 Å². The van der Waals surface area contributed by atoms with Crippen molar-refractivity contribution in [3.63, 3.8) is 0 Å². The molecule has 2 aromatic heterocycles. The molecule has 0 bridgehead atoms. The number of aromatic nitrogens is 4. The summed E-state index contributed by atoms with van der Waals surface area (Å²) in [4.78, 5) is 75.7. The van der Waals surface area contributed by atoms with E-state index in [1.807, 2.05) is 0 Å². The van der Waals surface area contributed by atoms with Gasteiger partial charge in [-0.2, -0.15) is 13.2 Å². The van der Waals surface area contributed by atoms with Crippen LogP contribution in [0.15, 0.2) is 12.7 Å². The van der Waals surface area contributed by atoms with Crippen LogP contribution in [-0.4, -0.2) is 110 Å². The van der Waals surface area contributed by atoms with Gasteiger partial charge in [0.1, 0.15) is 30.2 Å². The van der Waals surface area contributed by atoms with E-state index in [-0.39, 0.29) is 17.0 Å². The number of nitrogen functional groups attached to an aromatic ring is 1. The minimum atomic E-state index is -5.15. The van der Waals surface area contributed by atoms with Crippen LogP contribution in [0.5, 0.6) is 0 Å². The lowest BCUT2D eigenvalue weighted by molar-refractivity contribution is -0.330. The molecule has 0 amide bonds. The Kier molecular flexibility index (Phi) is 12.5. The van der Waals surface area contributed by atoms with Gasteiger partial charge < -0.3 is 69.8 Å². The number of fused-ring (bicyclic) bond motifs is 1. The minimum Gasteiger partial charge on any atom is -0.394 e. The lowest BCUT2D eigenvalue weighted by atomic mass is 10.0. The van der Waals surface area contributed by atoms with E-state index in [0.29, 0.717) is 4.57 Å². The largest absolute Gasteiger partial charge is 0.466 e. The molecule has 4 atom stereocenters. The Morgan fingerprint density at radius 3 is 1.68 bits per heavy atom. The van der Waals surface area contributed by atoms with Gasteiger partial charge >= 0.3 is 29.6 Å². The van der Waals surface area contributed by atoms with Gasteiger partial charge in [-0.15, -0.1) is 0 Å². The van der Waals surface area contributed by atoms with Gasteiger partial charge in [0.05, 0.1) is 12.9 Å². The Morgan fingerprint density at radius 2 is 1.34 bits per heavy atom. The van der Waals surface area contributed by atoms with E-state index in [4.69, 9.17) is 73.3 Å². The van der Waals surface area contributed by atoms with Crippen LogP contribution >= 0.6 is 23.5 Å². The second-order valence-corrected chi connectivity index (χ2v) is 9.63. The zero-order valence-electron chi connectivity index (χ0n) is 17.9. The summed E-state index contributed by atoms with van der Waals surface area (Å²) < 4.78 is 73.1. The van der Waals surface area contributed by atoms with Gasteiger partial charge in [0.2, 0.25) is 0 Å². The van der Waals surface area contributed by atoms with Crippen LogP contribution in [0, 0.1) is 0 Å². The summed E-state index contributed by atoms with van der Waals surface area (Å²) in [6.07, 6.45) is -9.49. The van der Waals surface area contributed by atoms with Crippen molar-refractivity contribution in [2.24, 2.45) is 0 Å². The zero-order chi connectivity index (χ0) is 30.5. The van der Waals surface area contributed by atoms with Crippen molar-refractivity contribution >= 4 is 40.4 Å². The van der Waals surface area contributed by atoms with E-state index in [1.165, 1.54) is 0 Å². The van der Waals surface area contributed by atoms with Gasteiger partial charge in [-0.05, 0) is 0 Å². The molecule has 21 nitrogen and oxygen atoms in total. The maximum atomic E-state index is 13.7. The molecule has 3 heterocycles. The molecule has 0 aliphatic carbocycles. The van der Waals surface area contributed by atoms with Crippen LogP contribution in [0.1, 0.15) is 0 Å². The topological polar surface area (TPSA) is 373 Å². The highest BCUT2D eigenvalue weighted by atomic mass is 31.2. The molecule has 2 aromatic rings. The van der Waals surface area contributed by atoms with Gasteiger partial charge in [0.15, 0.2) is 11.5 Å². The normalized spacial score (nSPS) is 23.9. The number of hydrogen-bond acceptors (Lipinski definition) is 11. The molecule has 1 aliphatic rings. The average molecular weight is 629 g/mol. The Balaban J connectivity index is 0.000000751. The van der Waals surface area contributed by atoms with Gasteiger partial charge in [-0.1, -0.05) is 0 Å². The smallest absolute Gasteiger partial charge is 0.394 e. The first-order valence-corrected chi connectivity index (χ1v) is 13.4. The number of anilines is 1. The second kappa shape index (κ2) is 13.1. The van der Waals surface area contributed by atoms with Crippen molar-refractivity contribution < 1.29 is 91.0 Å². The van der Waals surface area contributed by atoms with Gasteiger partial charge in [0, 0.05) is 0 Å². The summed E-state index contributed by atoms with van der Waals surface area (Å²) in [7, 11) is -13.9. The molecule has 38 heavy (non-hydrogen) atoms. The third-order valence-electron chi connectivity index (χ3n) is 3.74. The summed E-state index contributed by atoms with van der Waals surface area (Å²) in [5, 5.41) is 28.8. The number of alkyl halides is 3. The summed E-state index contributed by atoms with van der Waals surface area (Å²) in [5.74, 6) is -0.155. The molecule has 1 aliphatic heterocycles. The average Bonchev–Trinajstić information content (AvgIpc) is 3.19. The van der Waals surface area contributed by atoms with Crippen LogP contribution in [0.25, 0.3) is 11.2 Å². The van der Waals surface area contributed by atoms with Gasteiger partial charge in [-0.3, -0.25) is 4.57 Å². The van der Waals surface area contributed by atoms with Crippen molar-refractivity contribution in [3.05, 3.63) is 12.7 Å². The van der Waals surface area contributed by atoms with Crippen LogP contribution in [0.4, 0.5) is 19.0 Å². The molecule has 27 heteroatoms. The van der Waals surface area contributed by atoms with Gasteiger partial charge in [-0.25, -0.2) is 28.6 Å². The van der Waals surface area contributed by atoms with Crippen molar-refractivity contribution in [1.29, 1.82) is 0 Å². The highest BCUT2D eigenvalue weighted by Crippen LogP contribution is 2.48. The number of halogens is 3. The highest BCUT2D eigenvalue weighted by molar-refractivity contribution is 7.45. The fourth-order valence-electron chi connectivity index (χ4n) is 2.62. The lowest BCUT2D eigenvalue weighted by Crippen LogP contribution is -2.56. The number of phosphoric acid groups is 3. The number of imidazole rings is 1. The summed E-state index contributed by atoms with van der Waals surface area (Å²) in [5.41, 5.74) is 1.72. The third-order valence-corrected chi connectivity index (χ3v) is 3.74. The van der Waals surface area contributed by atoms with Crippen LogP contribution in [-0.2, 0) is 24.2 Å². The number of nitrogens with two attached hydrogens (primary N) is 1. The van der Waals surface area contributed by atoms with Crippen molar-refractivity contribution in [2.75, 3.05) is 12.3 Å². The van der Waals surface area contributed by atoms with Crippen LogP contribution < -0.4 is 5.73 Å². The monoisotopic (exact) mass is 629 g/mol. The second-order valence-electron chi connectivity index (χ2n) is 6.55. The minimum absolute atomic E-state index is 0.117. The molecule has 0 aromatic carbocycles. The highest BCUT2D eigenvalue weighted by Gasteiger charge is 2.70. The standard InChI is InChI=1S/C11H12F3N5O4.3H3O4P/c12-11(13,14)10(7(22)6(21)4(1-20)23-10)19-3-18-5-8(15)16-2-17-9(5)19;3*1-5(2,3)4/h2-4,6-7,20-22H,1H2,(H2,15,16,17);3*(H3,1,2,3,4)/t4-,6-,7-,10+;;;/m1.../s1. The molecular formula is C11H21F3N5O16P3. The molecule has 1 saturated heterocycles. The van der Waals surface area contributed by atoms with Gasteiger partial charge in [0.25, 0.3) is 5.72 Å². The Hall–Kier alpha value is -1.69. The number of aliphatic hydroxyl groups is 3. The number of hydrogen-bond donors (Lipinski definition) is 13. The van der Waals surface area contributed by atoms with E-state index >= 15 is 0 Å². The van der Waals surface area contributed by atoms with Crippen LogP contribution in [0.3, 0.4) is 0 Å². The SMILES string of the molecule is Nc1ncnc2c1ncn2[C@]1(C(F)(F)F)O[C@H](CO)[C@@H](O)[C@H]1O.O=P(O)(O)O.O=P(O)(O)O.O=P(O)(O)O. The summed E-state index contributed by atoms with van der Waals surface area (Å²) >= 11 is 0. The molecule has 0 radical (unpaired) electrons. The van der Waals surface area contributed by atoms with Crippen molar-refractivity contribution in [2.45, 2.75) is 30.2 Å². The summed E-state index contributed by atoms with van der Waals surface area (Å²) in [6, 6.07) is 0. The van der Waals surface area contributed by atoms with Crippen molar-refractivity contribution in [3.8, 4) is 0 Å². The predicted octanol–water partition coefficient (Wildman–Crippen LogP) is -4.05. The maximum Gasteiger partial charge on any atom is 0.466 e. The maximum absolute atomic E-state index is 13.7. The predicted molar refractivity (Wildman–Crippen MR) is 111 cm³/mol. The van der Waals surface area contributed by atoms with Crippen LogP contribution in [0.2, 0.25) is 0 Å². The van der Waals surface area contributed by atoms with Crippen molar-refractivity contribution in [1.82, 2.24) is 19.5 Å².